The first kappa shape index (κ1) is 17.6. The highest BCUT2D eigenvalue weighted by atomic mass is 16.6. The second kappa shape index (κ2) is 8.08. The van der Waals surface area contributed by atoms with Gasteiger partial charge in [-0.2, -0.15) is 0 Å². The number of amides is 1. The van der Waals surface area contributed by atoms with Gasteiger partial charge < -0.3 is 14.8 Å². The standard InChI is InChI=1S/C17H21NO4/c1-17(2,3)22-16(20)18-14(10-11-15(19)21-4)12-13-8-6-5-7-9-13/h5-9,14H,12H2,1-4H3,(H,18,20)/t14-/m1/s1. The van der Waals surface area contributed by atoms with Gasteiger partial charge in [-0.1, -0.05) is 36.3 Å². The van der Waals surface area contributed by atoms with Gasteiger partial charge in [0.05, 0.1) is 13.2 Å². The van der Waals surface area contributed by atoms with E-state index in [4.69, 9.17) is 4.74 Å². The van der Waals surface area contributed by atoms with Crippen molar-refractivity contribution in [3.05, 3.63) is 35.9 Å². The van der Waals surface area contributed by atoms with Gasteiger partial charge in [0.2, 0.25) is 0 Å². The Morgan fingerprint density at radius 3 is 2.41 bits per heavy atom. The van der Waals surface area contributed by atoms with Crippen molar-refractivity contribution in [2.24, 2.45) is 0 Å². The maximum absolute atomic E-state index is 11.9. The van der Waals surface area contributed by atoms with E-state index < -0.39 is 23.7 Å². The molecule has 0 fully saturated rings. The van der Waals surface area contributed by atoms with Crippen molar-refractivity contribution >= 4 is 12.1 Å². The number of methoxy groups -OCH3 is 1. The van der Waals surface area contributed by atoms with Crippen molar-refractivity contribution in [3.63, 3.8) is 0 Å². The molecule has 1 aromatic rings. The van der Waals surface area contributed by atoms with Crippen LogP contribution in [0.15, 0.2) is 30.3 Å². The van der Waals surface area contributed by atoms with Crippen molar-refractivity contribution in [1.82, 2.24) is 5.32 Å². The zero-order valence-electron chi connectivity index (χ0n) is 13.3. The van der Waals surface area contributed by atoms with Crippen LogP contribution in [0.3, 0.4) is 0 Å². The van der Waals surface area contributed by atoms with Crippen LogP contribution >= 0.6 is 0 Å². The van der Waals surface area contributed by atoms with E-state index in [-0.39, 0.29) is 0 Å². The molecule has 0 aliphatic heterocycles. The summed E-state index contributed by atoms with van der Waals surface area (Å²) in [5.41, 5.74) is 0.389. The largest absolute Gasteiger partial charge is 0.459 e. The van der Waals surface area contributed by atoms with Crippen LogP contribution in [0.4, 0.5) is 4.79 Å². The maximum Gasteiger partial charge on any atom is 0.408 e. The first-order valence-electron chi connectivity index (χ1n) is 6.93. The van der Waals surface area contributed by atoms with E-state index in [1.807, 2.05) is 30.3 Å². The Hall–Kier alpha value is -2.48. The van der Waals surface area contributed by atoms with Gasteiger partial charge in [0.25, 0.3) is 0 Å². The second-order valence-corrected chi connectivity index (χ2v) is 5.65. The molecule has 1 aromatic carbocycles. The van der Waals surface area contributed by atoms with Crippen LogP contribution in [0.25, 0.3) is 0 Å². The molecule has 118 valence electrons. The molecule has 1 rings (SSSR count). The molecular weight excluding hydrogens is 282 g/mol. The lowest BCUT2D eigenvalue weighted by Gasteiger charge is -2.21. The molecule has 22 heavy (non-hydrogen) atoms. The summed E-state index contributed by atoms with van der Waals surface area (Å²) in [4.78, 5) is 23.0. The summed E-state index contributed by atoms with van der Waals surface area (Å²) in [5.74, 6) is 4.39. The fourth-order valence-corrected chi connectivity index (χ4v) is 1.63. The van der Waals surface area contributed by atoms with E-state index in [0.717, 1.165) is 5.56 Å². The van der Waals surface area contributed by atoms with Crippen LogP contribution in [-0.2, 0) is 20.7 Å². The highest BCUT2D eigenvalue weighted by Gasteiger charge is 2.19. The average Bonchev–Trinajstić information content (AvgIpc) is 2.43. The molecule has 0 heterocycles. The Bertz CT molecular complexity index is 564. The Balaban J connectivity index is 2.79. The van der Waals surface area contributed by atoms with Crippen LogP contribution in [0.1, 0.15) is 26.3 Å². The van der Waals surface area contributed by atoms with E-state index >= 15 is 0 Å². The molecule has 0 aliphatic rings. The SMILES string of the molecule is COC(=O)C#C[C@H](Cc1ccccc1)NC(=O)OC(C)(C)C. The van der Waals surface area contributed by atoms with Crippen molar-refractivity contribution in [2.75, 3.05) is 7.11 Å². The number of esters is 1. The van der Waals surface area contributed by atoms with Gasteiger partial charge in [0.1, 0.15) is 5.60 Å². The number of nitrogens with one attached hydrogen (secondary N) is 1. The second-order valence-electron chi connectivity index (χ2n) is 5.65. The normalized spacial score (nSPS) is 11.6. The van der Waals surface area contributed by atoms with Gasteiger partial charge in [-0.25, -0.2) is 9.59 Å². The van der Waals surface area contributed by atoms with Gasteiger partial charge in [-0.3, -0.25) is 0 Å². The van der Waals surface area contributed by atoms with Crippen LogP contribution in [0, 0.1) is 11.8 Å². The molecular formula is C17H21NO4. The van der Waals surface area contributed by atoms with Gasteiger partial charge in [0, 0.05) is 12.3 Å². The highest BCUT2D eigenvalue weighted by molar-refractivity contribution is 5.88. The van der Waals surface area contributed by atoms with Crippen LogP contribution in [0.5, 0.6) is 0 Å². The van der Waals surface area contributed by atoms with Crippen molar-refractivity contribution in [3.8, 4) is 11.8 Å². The summed E-state index contributed by atoms with van der Waals surface area (Å²) in [6.45, 7) is 5.33. The van der Waals surface area contributed by atoms with Gasteiger partial charge >= 0.3 is 12.1 Å². The van der Waals surface area contributed by atoms with Crippen molar-refractivity contribution < 1.29 is 19.1 Å². The molecule has 0 spiro atoms. The number of alkyl carbamates (subject to hydrolysis) is 1. The lowest BCUT2D eigenvalue weighted by molar-refractivity contribution is -0.133. The topological polar surface area (TPSA) is 64.6 Å². The molecule has 0 saturated heterocycles. The van der Waals surface area contributed by atoms with Crippen LogP contribution in [0.2, 0.25) is 0 Å². The lowest BCUT2D eigenvalue weighted by Crippen LogP contribution is -2.39. The van der Waals surface area contributed by atoms with Gasteiger partial charge in [-0.05, 0) is 26.3 Å². The minimum Gasteiger partial charge on any atom is -0.459 e. The molecule has 0 aliphatic carbocycles. The number of rotatable bonds is 3. The Morgan fingerprint density at radius 2 is 1.86 bits per heavy atom. The minimum atomic E-state index is -0.649. The van der Waals surface area contributed by atoms with E-state index in [1.165, 1.54) is 7.11 Å². The highest BCUT2D eigenvalue weighted by Crippen LogP contribution is 2.08. The van der Waals surface area contributed by atoms with E-state index in [9.17, 15) is 9.59 Å². The number of benzene rings is 1. The van der Waals surface area contributed by atoms with Gasteiger partial charge in [-0.15, -0.1) is 0 Å². The average molecular weight is 303 g/mol. The maximum atomic E-state index is 11.9. The Labute approximate surface area is 131 Å². The zero-order chi connectivity index (χ0) is 16.6. The first-order valence-corrected chi connectivity index (χ1v) is 6.93. The van der Waals surface area contributed by atoms with E-state index in [0.29, 0.717) is 6.42 Å². The van der Waals surface area contributed by atoms with Crippen molar-refractivity contribution in [2.45, 2.75) is 38.8 Å². The molecule has 0 unspecified atom stereocenters. The number of ether oxygens (including phenoxy) is 2. The molecule has 1 atom stereocenters. The Morgan fingerprint density at radius 1 is 1.23 bits per heavy atom. The fraction of sp³-hybridized carbons (Fsp3) is 0.412. The number of hydrogen-bond acceptors (Lipinski definition) is 4. The molecule has 0 bridgehead atoms. The number of carbonyl (C=O) groups excluding carboxylic acids is 2. The molecule has 1 N–H and O–H groups in total. The monoisotopic (exact) mass is 303 g/mol. The summed E-state index contributed by atoms with van der Waals surface area (Å²) in [6.07, 6.45) is -0.114. The third-order valence-electron chi connectivity index (χ3n) is 2.51. The summed E-state index contributed by atoms with van der Waals surface area (Å²) < 4.78 is 9.68. The quantitative estimate of drug-likeness (QED) is 0.528. The third kappa shape index (κ3) is 7.34. The molecule has 5 nitrogen and oxygen atoms in total. The molecule has 1 amide bonds. The molecule has 0 radical (unpaired) electrons. The predicted octanol–water partition coefficient (Wildman–Crippen LogP) is 2.30. The lowest BCUT2D eigenvalue weighted by atomic mass is 10.1. The third-order valence-corrected chi connectivity index (χ3v) is 2.51. The van der Waals surface area contributed by atoms with Crippen LogP contribution in [-0.4, -0.2) is 30.8 Å². The smallest absolute Gasteiger partial charge is 0.408 e. The predicted molar refractivity (Wildman–Crippen MR) is 83.1 cm³/mol. The van der Waals surface area contributed by atoms with Gasteiger partial charge in [0.15, 0.2) is 0 Å². The van der Waals surface area contributed by atoms with E-state index in [1.54, 1.807) is 20.8 Å². The van der Waals surface area contributed by atoms with Crippen molar-refractivity contribution in [1.29, 1.82) is 0 Å². The molecule has 5 heteroatoms. The minimum absolute atomic E-state index is 0.462. The molecule has 0 saturated carbocycles. The van der Waals surface area contributed by atoms with Crippen LogP contribution < -0.4 is 5.32 Å². The fourth-order valence-electron chi connectivity index (χ4n) is 1.63. The summed E-state index contributed by atoms with van der Waals surface area (Å²) >= 11 is 0. The number of carbonyl (C=O) groups is 2. The van der Waals surface area contributed by atoms with E-state index in [2.05, 4.69) is 21.9 Å². The summed E-state index contributed by atoms with van der Waals surface area (Å²) in [7, 11) is 1.25. The first-order chi connectivity index (χ1) is 10.3. The molecule has 0 aromatic heterocycles. The Kier molecular flexibility index (Phi) is 6.46. The zero-order valence-corrected chi connectivity index (χ0v) is 13.3. The summed E-state index contributed by atoms with van der Waals surface area (Å²) in [6, 6.07) is 8.99. The number of hydrogen-bond donors (Lipinski definition) is 1. The summed E-state index contributed by atoms with van der Waals surface area (Å²) in [5, 5.41) is 2.66.